The fourth-order valence-electron chi connectivity index (χ4n) is 1.57. The Kier molecular flexibility index (Phi) is 2.54. The molecule has 0 aromatic rings. The van der Waals surface area contributed by atoms with Gasteiger partial charge in [-0.15, -0.1) is 0 Å². The zero-order valence-electron chi connectivity index (χ0n) is 7.67. The Morgan fingerprint density at radius 2 is 1.80 bits per heavy atom. The first-order valence-electron chi connectivity index (χ1n) is 4.12. The molecule has 15 heavy (non-hydrogen) atoms. The van der Waals surface area contributed by atoms with E-state index in [1.54, 1.807) is 0 Å². The monoisotopic (exact) mass is 225 g/mol. The highest BCUT2D eigenvalue weighted by atomic mass is 19.4. The maximum Gasteiger partial charge on any atom is 0.404 e. The van der Waals surface area contributed by atoms with Crippen molar-refractivity contribution in [3.05, 3.63) is 0 Å². The topological polar surface area (TPSA) is 89.4 Å². The number of rotatable bonds is 1. The van der Waals surface area contributed by atoms with Crippen molar-refractivity contribution in [2.24, 2.45) is 16.9 Å². The second-order valence-electron chi connectivity index (χ2n) is 3.45. The van der Waals surface area contributed by atoms with E-state index < -0.39 is 36.5 Å². The predicted octanol–water partition coefficient (Wildman–Crippen LogP) is -0.195. The average Bonchev–Trinajstić information content (AvgIpc) is 2.46. The number of alkyl halides is 3. The lowest BCUT2D eigenvalue weighted by atomic mass is 9.85. The molecule has 1 rings (SSSR count). The lowest BCUT2D eigenvalue weighted by Crippen LogP contribution is -2.51. The number of likely N-dealkylation sites (tertiary alicyclic amines) is 1. The standard InChI is InChI=1S/C7H10F3N3O2/c8-7(9,10)6(4(11)14)1-2-13(3-6)5(12)15/h1-3H2,(H2,11,14)(H2,12,15). The first-order chi connectivity index (χ1) is 6.71. The van der Waals surface area contributed by atoms with Crippen molar-refractivity contribution in [2.45, 2.75) is 12.6 Å². The minimum Gasteiger partial charge on any atom is -0.369 e. The van der Waals surface area contributed by atoms with Crippen molar-refractivity contribution in [3.8, 4) is 0 Å². The van der Waals surface area contributed by atoms with Crippen LogP contribution in [-0.2, 0) is 4.79 Å². The number of carbonyl (C=O) groups excluding carboxylic acids is 2. The zero-order chi connectivity index (χ0) is 11.9. The summed E-state index contributed by atoms with van der Waals surface area (Å²) in [5.41, 5.74) is 6.92. The Morgan fingerprint density at radius 3 is 2.00 bits per heavy atom. The number of nitrogens with two attached hydrogens (primary N) is 2. The molecule has 0 radical (unpaired) electrons. The van der Waals surface area contributed by atoms with Crippen molar-refractivity contribution in [2.75, 3.05) is 13.1 Å². The first kappa shape index (κ1) is 11.6. The van der Waals surface area contributed by atoms with E-state index in [-0.39, 0.29) is 6.54 Å². The molecule has 4 N–H and O–H groups in total. The SMILES string of the molecule is NC(=O)N1CCC(C(N)=O)(C(F)(F)F)C1. The summed E-state index contributed by atoms with van der Waals surface area (Å²) in [4.78, 5) is 22.3. The third-order valence-corrected chi connectivity index (χ3v) is 2.60. The molecule has 86 valence electrons. The smallest absolute Gasteiger partial charge is 0.369 e. The predicted molar refractivity (Wildman–Crippen MR) is 43.5 cm³/mol. The highest BCUT2D eigenvalue weighted by Crippen LogP contribution is 2.45. The van der Waals surface area contributed by atoms with Gasteiger partial charge in [0, 0.05) is 13.1 Å². The van der Waals surface area contributed by atoms with Gasteiger partial charge in [0.25, 0.3) is 0 Å². The average molecular weight is 225 g/mol. The fraction of sp³-hybridized carbons (Fsp3) is 0.714. The molecule has 1 aliphatic rings. The number of primary amides is 2. The second kappa shape index (κ2) is 3.28. The van der Waals surface area contributed by atoms with Gasteiger partial charge in [-0.3, -0.25) is 4.79 Å². The molecule has 0 saturated carbocycles. The van der Waals surface area contributed by atoms with Gasteiger partial charge < -0.3 is 16.4 Å². The molecule has 1 unspecified atom stereocenters. The van der Waals surface area contributed by atoms with Gasteiger partial charge in [0.15, 0.2) is 5.41 Å². The summed E-state index contributed by atoms with van der Waals surface area (Å²) in [5.74, 6) is -1.47. The molecule has 0 bridgehead atoms. The summed E-state index contributed by atoms with van der Waals surface area (Å²) >= 11 is 0. The molecule has 1 heterocycles. The molecule has 8 heteroatoms. The van der Waals surface area contributed by atoms with Crippen LogP contribution in [0, 0.1) is 5.41 Å². The van der Waals surface area contributed by atoms with Crippen LogP contribution in [-0.4, -0.2) is 36.1 Å². The summed E-state index contributed by atoms with van der Waals surface area (Å²) in [6, 6.07) is -0.984. The lowest BCUT2D eigenvalue weighted by Gasteiger charge is -2.27. The molecule has 0 spiro atoms. The van der Waals surface area contributed by atoms with E-state index in [0.29, 0.717) is 0 Å². The molecule has 0 aliphatic carbocycles. The molecule has 1 saturated heterocycles. The van der Waals surface area contributed by atoms with Gasteiger partial charge in [-0.05, 0) is 6.42 Å². The van der Waals surface area contributed by atoms with E-state index in [1.807, 2.05) is 0 Å². The summed E-state index contributed by atoms with van der Waals surface area (Å²) in [7, 11) is 0. The van der Waals surface area contributed by atoms with E-state index in [0.717, 1.165) is 4.90 Å². The van der Waals surface area contributed by atoms with Crippen molar-refractivity contribution in [1.29, 1.82) is 0 Å². The van der Waals surface area contributed by atoms with Gasteiger partial charge in [-0.25, -0.2) is 4.79 Å². The van der Waals surface area contributed by atoms with E-state index in [4.69, 9.17) is 11.5 Å². The number of amides is 3. The van der Waals surface area contributed by atoms with Crippen molar-refractivity contribution in [1.82, 2.24) is 4.90 Å². The van der Waals surface area contributed by atoms with Gasteiger partial charge in [0.05, 0.1) is 0 Å². The first-order valence-corrected chi connectivity index (χ1v) is 4.12. The van der Waals surface area contributed by atoms with E-state index in [2.05, 4.69) is 0 Å². The van der Waals surface area contributed by atoms with Crippen LogP contribution in [0.25, 0.3) is 0 Å². The van der Waals surface area contributed by atoms with Crippen LogP contribution in [0.4, 0.5) is 18.0 Å². The van der Waals surface area contributed by atoms with E-state index in [1.165, 1.54) is 0 Å². The minimum atomic E-state index is -4.76. The fourth-order valence-corrected chi connectivity index (χ4v) is 1.57. The number of halogens is 3. The highest BCUT2D eigenvalue weighted by Gasteiger charge is 2.62. The summed E-state index contributed by atoms with van der Waals surface area (Å²) in [6.07, 6.45) is -5.29. The molecule has 0 aromatic heterocycles. The number of urea groups is 1. The summed E-state index contributed by atoms with van der Waals surface area (Å²) in [6.45, 7) is -1.00. The Hall–Kier alpha value is -1.47. The van der Waals surface area contributed by atoms with Gasteiger partial charge in [0.1, 0.15) is 0 Å². The Labute approximate surface area is 83.2 Å². The molecular formula is C7H10F3N3O2. The van der Waals surface area contributed by atoms with Gasteiger partial charge >= 0.3 is 12.2 Å². The van der Waals surface area contributed by atoms with Crippen molar-refractivity contribution in [3.63, 3.8) is 0 Å². The molecule has 5 nitrogen and oxygen atoms in total. The maximum absolute atomic E-state index is 12.6. The Bertz CT molecular complexity index is 304. The Morgan fingerprint density at radius 1 is 1.27 bits per heavy atom. The van der Waals surface area contributed by atoms with Crippen LogP contribution in [0.5, 0.6) is 0 Å². The zero-order valence-corrected chi connectivity index (χ0v) is 7.67. The third-order valence-electron chi connectivity index (χ3n) is 2.60. The Balaban J connectivity index is 2.99. The summed E-state index contributed by atoms with van der Waals surface area (Å²) < 4.78 is 37.9. The van der Waals surface area contributed by atoms with Crippen LogP contribution >= 0.6 is 0 Å². The number of nitrogens with zero attached hydrogens (tertiary/aromatic N) is 1. The summed E-state index contributed by atoms with van der Waals surface area (Å²) in [5, 5.41) is 0. The molecule has 1 aliphatic heterocycles. The van der Waals surface area contributed by atoms with Gasteiger partial charge in [0.2, 0.25) is 5.91 Å². The normalized spacial score (nSPS) is 26.7. The van der Waals surface area contributed by atoms with E-state index in [9.17, 15) is 22.8 Å². The highest BCUT2D eigenvalue weighted by molar-refractivity contribution is 5.84. The van der Waals surface area contributed by atoms with Crippen LogP contribution in [0.15, 0.2) is 0 Å². The third kappa shape index (κ3) is 1.71. The van der Waals surface area contributed by atoms with Crippen LogP contribution < -0.4 is 11.5 Å². The quantitative estimate of drug-likeness (QED) is 0.647. The number of hydrogen-bond donors (Lipinski definition) is 2. The molecular weight excluding hydrogens is 215 g/mol. The minimum absolute atomic E-state index is 0.211. The molecule has 3 amide bonds. The molecule has 1 atom stereocenters. The van der Waals surface area contributed by atoms with Crippen LogP contribution in [0.1, 0.15) is 6.42 Å². The van der Waals surface area contributed by atoms with Crippen LogP contribution in [0.2, 0.25) is 0 Å². The second-order valence-corrected chi connectivity index (χ2v) is 3.45. The molecule has 1 fully saturated rings. The van der Waals surface area contributed by atoms with Crippen molar-refractivity contribution < 1.29 is 22.8 Å². The lowest BCUT2D eigenvalue weighted by molar-refractivity contribution is -0.215. The van der Waals surface area contributed by atoms with E-state index >= 15 is 0 Å². The van der Waals surface area contributed by atoms with Gasteiger partial charge in [-0.2, -0.15) is 13.2 Å². The van der Waals surface area contributed by atoms with Crippen molar-refractivity contribution >= 4 is 11.9 Å². The number of hydrogen-bond acceptors (Lipinski definition) is 2. The number of carbonyl (C=O) groups is 2. The molecule has 0 aromatic carbocycles. The van der Waals surface area contributed by atoms with Gasteiger partial charge in [-0.1, -0.05) is 0 Å². The van der Waals surface area contributed by atoms with Crippen LogP contribution in [0.3, 0.4) is 0 Å². The largest absolute Gasteiger partial charge is 0.404 e. The maximum atomic E-state index is 12.6.